The molecule has 4 N–H and O–H groups in total. The van der Waals surface area contributed by atoms with Gasteiger partial charge in [-0.3, -0.25) is 4.79 Å². The minimum absolute atomic E-state index is 0.0302. The maximum Gasteiger partial charge on any atom is 0.252 e. The maximum absolute atomic E-state index is 12.9. The van der Waals surface area contributed by atoms with Crippen molar-refractivity contribution in [3.8, 4) is 10.4 Å². The van der Waals surface area contributed by atoms with Gasteiger partial charge in [-0.15, -0.1) is 11.3 Å². The third kappa shape index (κ3) is 5.39. The standard InChI is InChI=1S/C30H37N7O2S/c1-20-26(14-21(16-32-20)30(39)31-9-13-36-11-3-4-12-36)34-25-6-5-10-35(2)29-24(25)17-33-37-18-22(15-27(29)37)28-8-7-23(19-38)40-28/h6-8,14-18,20,32,34,38H,3-5,9-13,19H2,1-2H3,(H,31,39). The molecule has 6 rings (SSSR count). The van der Waals surface area contributed by atoms with E-state index in [-0.39, 0.29) is 18.6 Å². The molecule has 0 radical (unpaired) electrons. The van der Waals surface area contributed by atoms with Gasteiger partial charge >= 0.3 is 0 Å². The monoisotopic (exact) mass is 559 g/mol. The normalized spacial score (nSPS) is 19.4. The van der Waals surface area contributed by atoms with Gasteiger partial charge in [-0.2, -0.15) is 5.10 Å². The Balaban J connectivity index is 1.24. The van der Waals surface area contributed by atoms with Gasteiger partial charge in [0.1, 0.15) is 0 Å². The summed E-state index contributed by atoms with van der Waals surface area (Å²) >= 11 is 1.60. The van der Waals surface area contributed by atoms with Gasteiger partial charge in [0.05, 0.1) is 35.6 Å². The van der Waals surface area contributed by atoms with Gasteiger partial charge in [-0.05, 0) is 63.6 Å². The summed E-state index contributed by atoms with van der Waals surface area (Å²) in [6.45, 7) is 6.82. The minimum Gasteiger partial charge on any atom is -0.391 e. The highest BCUT2D eigenvalue weighted by Gasteiger charge is 2.24. The van der Waals surface area contributed by atoms with E-state index < -0.39 is 0 Å². The van der Waals surface area contributed by atoms with Crippen LogP contribution in [0, 0.1) is 0 Å². The zero-order valence-electron chi connectivity index (χ0n) is 23.1. The average molecular weight is 560 g/mol. The SMILES string of the molecule is CC1NC=C(C(=O)NCCN2CCCC2)C=C1NC1=CCCN(C)c2c1cnn1cc(-c3ccc(CO)s3)cc21. The van der Waals surface area contributed by atoms with E-state index in [2.05, 4.69) is 57.9 Å². The number of nitrogens with one attached hydrogen (secondary N) is 3. The van der Waals surface area contributed by atoms with E-state index in [1.165, 1.54) is 12.8 Å². The zero-order chi connectivity index (χ0) is 27.6. The van der Waals surface area contributed by atoms with Gasteiger partial charge in [-0.1, -0.05) is 6.08 Å². The molecule has 1 saturated heterocycles. The number of aliphatic hydroxyl groups excluding tert-OH is 1. The summed E-state index contributed by atoms with van der Waals surface area (Å²) < 4.78 is 1.93. The van der Waals surface area contributed by atoms with E-state index >= 15 is 0 Å². The Morgan fingerprint density at radius 1 is 1.25 bits per heavy atom. The summed E-state index contributed by atoms with van der Waals surface area (Å²) in [5.41, 5.74) is 6.82. The Morgan fingerprint density at radius 2 is 2.10 bits per heavy atom. The highest BCUT2D eigenvalue weighted by Crippen LogP contribution is 2.37. The largest absolute Gasteiger partial charge is 0.391 e. The number of hydrogen-bond donors (Lipinski definition) is 4. The van der Waals surface area contributed by atoms with E-state index in [1.54, 1.807) is 11.3 Å². The van der Waals surface area contributed by atoms with Crippen molar-refractivity contribution in [1.29, 1.82) is 0 Å². The van der Waals surface area contributed by atoms with Crippen molar-refractivity contribution >= 4 is 34.1 Å². The van der Waals surface area contributed by atoms with Crippen LogP contribution in [0.3, 0.4) is 0 Å². The van der Waals surface area contributed by atoms with Gasteiger partial charge in [0.15, 0.2) is 0 Å². The predicted octanol–water partition coefficient (Wildman–Crippen LogP) is 3.30. The Bertz CT molecular complexity index is 1490. The molecule has 0 bridgehead atoms. The van der Waals surface area contributed by atoms with Crippen molar-refractivity contribution in [1.82, 2.24) is 30.5 Å². The summed E-state index contributed by atoms with van der Waals surface area (Å²) in [6.07, 6.45) is 13.3. The lowest BCUT2D eigenvalue weighted by molar-refractivity contribution is -0.117. The Labute approximate surface area is 238 Å². The van der Waals surface area contributed by atoms with E-state index in [0.29, 0.717) is 12.1 Å². The smallest absolute Gasteiger partial charge is 0.252 e. The average Bonchev–Trinajstić information content (AvgIpc) is 3.72. The van der Waals surface area contributed by atoms with E-state index in [0.717, 1.165) is 76.1 Å². The second-order valence-corrected chi connectivity index (χ2v) is 11.9. The number of carbonyl (C=O) groups is 1. The van der Waals surface area contributed by atoms with Crippen molar-refractivity contribution < 1.29 is 9.90 Å². The van der Waals surface area contributed by atoms with Crippen molar-refractivity contribution in [2.24, 2.45) is 0 Å². The molecule has 3 aromatic rings. The number of amides is 1. The molecular formula is C30H37N7O2S. The summed E-state index contributed by atoms with van der Waals surface area (Å²) in [4.78, 5) is 19.7. The van der Waals surface area contributed by atoms with Crippen molar-refractivity contribution in [2.45, 2.75) is 38.8 Å². The number of dihydropyridines is 1. The maximum atomic E-state index is 12.9. The van der Waals surface area contributed by atoms with Gasteiger partial charge < -0.3 is 30.9 Å². The number of aliphatic hydroxyl groups is 1. The molecule has 1 fully saturated rings. The molecule has 0 spiro atoms. The van der Waals surface area contributed by atoms with E-state index in [1.807, 2.05) is 35.3 Å². The number of anilines is 1. The fourth-order valence-electron chi connectivity index (χ4n) is 5.64. The molecule has 210 valence electrons. The number of fused-ring (bicyclic) bond motifs is 3. The molecule has 3 aliphatic heterocycles. The number of nitrogens with zero attached hydrogens (tertiary/aromatic N) is 4. The fourth-order valence-corrected chi connectivity index (χ4v) is 6.49. The lowest BCUT2D eigenvalue weighted by Crippen LogP contribution is -2.38. The molecule has 9 nitrogen and oxygen atoms in total. The summed E-state index contributed by atoms with van der Waals surface area (Å²) in [5, 5.41) is 24.4. The van der Waals surface area contributed by atoms with Gasteiger partial charge in [-0.25, -0.2) is 4.52 Å². The quantitative estimate of drug-likeness (QED) is 0.336. The molecule has 40 heavy (non-hydrogen) atoms. The number of likely N-dealkylation sites (tertiary alicyclic amines) is 1. The summed E-state index contributed by atoms with van der Waals surface area (Å²) in [7, 11) is 2.12. The Morgan fingerprint density at radius 3 is 2.90 bits per heavy atom. The van der Waals surface area contributed by atoms with Crippen molar-refractivity contribution in [2.75, 3.05) is 44.7 Å². The zero-order valence-corrected chi connectivity index (χ0v) is 23.9. The van der Waals surface area contributed by atoms with Crippen LogP contribution in [0.25, 0.3) is 21.7 Å². The first kappa shape index (κ1) is 26.6. The first-order valence-electron chi connectivity index (χ1n) is 14.1. The molecule has 3 aliphatic rings. The Hall–Kier alpha value is -3.60. The molecule has 10 heteroatoms. The molecular weight excluding hydrogens is 522 g/mol. The number of carbonyl (C=O) groups excluding carboxylic acids is 1. The molecule has 6 heterocycles. The molecule has 3 aromatic heterocycles. The summed E-state index contributed by atoms with van der Waals surface area (Å²) in [5.74, 6) is -0.0603. The van der Waals surface area contributed by atoms with Crippen LogP contribution < -0.4 is 20.9 Å². The molecule has 0 aromatic carbocycles. The highest BCUT2D eigenvalue weighted by atomic mass is 32.1. The van der Waals surface area contributed by atoms with Gasteiger partial charge in [0.2, 0.25) is 0 Å². The third-order valence-electron chi connectivity index (χ3n) is 7.92. The molecule has 1 atom stereocenters. The van der Waals surface area contributed by atoms with Crippen LogP contribution in [-0.4, -0.2) is 71.3 Å². The molecule has 1 amide bonds. The van der Waals surface area contributed by atoms with Crippen LogP contribution in [-0.2, 0) is 11.4 Å². The van der Waals surface area contributed by atoms with Crippen LogP contribution in [0.5, 0.6) is 0 Å². The first-order valence-corrected chi connectivity index (χ1v) is 14.9. The van der Waals surface area contributed by atoms with Gasteiger partial charge in [0.25, 0.3) is 5.91 Å². The van der Waals surface area contributed by atoms with E-state index in [4.69, 9.17) is 5.10 Å². The lowest BCUT2D eigenvalue weighted by atomic mass is 10.1. The number of aromatic nitrogens is 2. The number of hydrogen-bond acceptors (Lipinski definition) is 8. The fraction of sp³-hybridized carbons (Fsp3) is 0.400. The van der Waals surface area contributed by atoms with Crippen molar-refractivity contribution in [3.63, 3.8) is 0 Å². The topological polar surface area (TPSA) is 97.2 Å². The van der Waals surface area contributed by atoms with Crippen LogP contribution in [0.15, 0.2) is 60.2 Å². The second-order valence-electron chi connectivity index (χ2n) is 10.7. The predicted molar refractivity (Wildman–Crippen MR) is 161 cm³/mol. The Kier molecular flexibility index (Phi) is 7.64. The van der Waals surface area contributed by atoms with Crippen LogP contribution in [0.4, 0.5) is 5.69 Å². The van der Waals surface area contributed by atoms with E-state index in [9.17, 15) is 9.90 Å². The van der Waals surface area contributed by atoms with Crippen LogP contribution >= 0.6 is 11.3 Å². The molecule has 1 unspecified atom stereocenters. The molecule has 0 saturated carbocycles. The second kappa shape index (κ2) is 11.5. The van der Waals surface area contributed by atoms with Gasteiger partial charge in [0, 0.05) is 71.4 Å². The molecule has 0 aliphatic carbocycles. The van der Waals surface area contributed by atoms with Crippen molar-refractivity contribution in [3.05, 3.63) is 70.7 Å². The minimum atomic E-state index is -0.0603. The number of thiophene rings is 1. The summed E-state index contributed by atoms with van der Waals surface area (Å²) in [6, 6.07) is 6.23. The third-order valence-corrected chi connectivity index (χ3v) is 9.04. The van der Waals surface area contributed by atoms with Crippen LogP contribution in [0.2, 0.25) is 0 Å². The lowest BCUT2D eigenvalue weighted by Gasteiger charge is -2.26. The first-order chi connectivity index (χ1) is 19.5. The van der Waals surface area contributed by atoms with Crippen LogP contribution in [0.1, 0.15) is 36.6 Å². The number of rotatable bonds is 8. The highest BCUT2D eigenvalue weighted by molar-refractivity contribution is 7.15.